The molecule has 1 fully saturated rings. The molecule has 0 spiro atoms. The summed E-state index contributed by atoms with van der Waals surface area (Å²) in [5.41, 5.74) is 2.43. The first-order chi connectivity index (χ1) is 8.55. The first-order valence-corrected chi connectivity index (χ1v) is 5.93. The Bertz CT molecular complexity index is 428. The van der Waals surface area contributed by atoms with E-state index in [0.717, 1.165) is 5.56 Å². The number of rotatable bonds is 4. The van der Waals surface area contributed by atoms with Gasteiger partial charge in [-0.1, -0.05) is 0 Å². The zero-order chi connectivity index (χ0) is 13.2. The van der Waals surface area contributed by atoms with Crippen LogP contribution < -0.4 is 16.6 Å². The molecule has 0 radical (unpaired) electrons. The Morgan fingerprint density at radius 2 is 2.44 bits per heavy atom. The molecule has 5 N–H and O–H groups in total. The van der Waals surface area contributed by atoms with Gasteiger partial charge in [-0.15, -0.1) is 0 Å². The molecule has 18 heavy (non-hydrogen) atoms. The molecule has 100 valence electrons. The zero-order valence-electron chi connectivity index (χ0n) is 10.6. The van der Waals surface area contributed by atoms with Crippen LogP contribution in [0.1, 0.15) is 18.9 Å². The summed E-state index contributed by atoms with van der Waals surface area (Å²) in [6.07, 6.45) is 2.11. The summed E-state index contributed by atoms with van der Waals surface area (Å²) < 4.78 is 5.38. The Hall–Kier alpha value is -1.44. The minimum Gasteiger partial charge on any atom is -0.385 e. The summed E-state index contributed by atoms with van der Waals surface area (Å²) in [5.74, 6) is 6.26. The molecule has 0 bridgehead atoms. The normalized spacial score (nSPS) is 27.2. The van der Waals surface area contributed by atoms with Crippen LogP contribution in [0.5, 0.6) is 0 Å². The van der Waals surface area contributed by atoms with Crippen LogP contribution >= 0.6 is 0 Å². The molecule has 2 rings (SSSR count). The molecule has 7 nitrogen and oxygen atoms in total. The third-order valence-electron chi connectivity index (χ3n) is 3.32. The maximum atomic E-state index is 10.4. The van der Waals surface area contributed by atoms with Gasteiger partial charge in [0.15, 0.2) is 0 Å². The molecule has 0 amide bonds. The zero-order valence-corrected chi connectivity index (χ0v) is 10.6. The lowest BCUT2D eigenvalue weighted by Crippen LogP contribution is -2.43. The number of nitrogens with two attached hydrogens (primary N) is 1. The van der Waals surface area contributed by atoms with Crippen LogP contribution in [0.3, 0.4) is 0 Å². The smallest absolute Gasteiger partial charge is 0.239 e. The molecule has 1 aliphatic heterocycles. The minimum atomic E-state index is -0.853. The molecule has 1 aromatic rings. The standard InChI is InChI=1S/C11H19N5O2/c1-7-5-13-10(16-12)15-9(7)14-6-11(17)3-4-18-8(11)2/h5,8,17H,3-4,6,12H2,1-2H3,(H2,13,14,15,16). The van der Waals surface area contributed by atoms with Gasteiger partial charge in [-0.05, 0) is 13.8 Å². The molecule has 2 unspecified atom stereocenters. The van der Waals surface area contributed by atoms with E-state index < -0.39 is 5.60 Å². The van der Waals surface area contributed by atoms with E-state index in [2.05, 4.69) is 20.7 Å². The monoisotopic (exact) mass is 253 g/mol. The van der Waals surface area contributed by atoms with Crippen molar-refractivity contribution in [1.29, 1.82) is 0 Å². The van der Waals surface area contributed by atoms with E-state index >= 15 is 0 Å². The molecule has 1 saturated heterocycles. The summed E-state index contributed by atoms with van der Waals surface area (Å²) >= 11 is 0. The molecule has 2 atom stereocenters. The van der Waals surface area contributed by atoms with Crippen molar-refractivity contribution in [3.8, 4) is 0 Å². The topological polar surface area (TPSA) is 105 Å². The molecule has 7 heteroatoms. The van der Waals surface area contributed by atoms with Crippen molar-refractivity contribution in [2.75, 3.05) is 23.9 Å². The van der Waals surface area contributed by atoms with Crippen LogP contribution in [0.4, 0.5) is 11.8 Å². The minimum absolute atomic E-state index is 0.181. The molecule has 1 aromatic heterocycles. The van der Waals surface area contributed by atoms with Crippen molar-refractivity contribution < 1.29 is 9.84 Å². The highest BCUT2D eigenvalue weighted by Gasteiger charge is 2.39. The first-order valence-electron chi connectivity index (χ1n) is 5.93. The summed E-state index contributed by atoms with van der Waals surface area (Å²) in [4.78, 5) is 8.19. The molecular weight excluding hydrogens is 234 g/mol. The largest absolute Gasteiger partial charge is 0.385 e. The number of aryl methyl sites for hydroxylation is 1. The number of ether oxygens (including phenoxy) is 1. The van der Waals surface area contributed by atoms with Crippen molar-refractivity contribution in [3.63, 3.8) is 0 Å². The fourth-order valence-corrected chi connectivity index (χ4v) is 1.93. The highest BCUT2D eigenvalue weighted by atomic mass is 16.5. The van der Waals surface area contributed by atoms with E-state index in [1.165, 1.54) is 0 Å². The summed E-state index contributed by atoms with van der Waals surface area (Å²) in [5, 5.41) is 13.5. The van der Waals surface area contributed by atoms with Gasteiger partial charge >= 0.3 is 0 Å². The van der Waals surface area contributed by atoms with E-state index in [1.54, 1.807) is 6.20 Å². The lowest BCUT2D eigenvalue weighted by atomic mass is 9.97. The van der Waals surface area contributed by atoms with E-state index in [1.807, 2.05) is 13.8 Å². The number of aromatic nitrogens is 2. The Labute approximate surface area is 106 Å². The molecule has 0 saturated carbocycles. The number of hydrazine groups is 1. The lowest BCUT2D eigenvalue weighted by Gasteiger charge is -2.26. The number of nitrogens with one attached hydrogen (secondary N) is 2. The number of aliphatic hydroxyl groups is 1. The van der Waals surface area contributed by atoms with Crippen LogP contribution in [0.15, 0.2) is 6.20 Å². The van der Waals surface area contributed by atoms with Gasteiger partial charge in [0.05, 0.1) is 6.10 Å². The van der Waals surface area contributed by atoms with Gasteiger partial charge < -0.3 is 15.2 Å². The quantitative estimate of drug-likeness (QED) is 0.443. The van der Waals surface area contributed by atoms with Crippen molar-refractivity contribution in [1.82, 2.24) is 9.97 Å². The van der Waals surface area contributed by atoms with Crippen molar-refractivity contribution in [2.45, 2.75) is 32.0 Å². The third-order valence-corrected chi connectivity index (χ3v) is 3.32. The molecule has 0 aliphatic carbocycles. The van der Waals surface area contributed by atoms with Gasteiger partial charge in [-0.3, -0.25) is 5.43 Å². The summed E-state index contributed by atoms with van der Waals surface area (Å²) in [7, 11) is 0. The van der Waals surface area contributed by atoms with Crippen molar-refractivity contribution in [3.05, 3.63) is 11.8 Å². The number of nitrogen functional groups attached to an aromatic ring is 1. The van der Waals surface area contributed by atoms with Crippen LogP contribution in [0.25, 0.3) is 0 Å². The van der Waals surface area contributed by atoms with Gasteiger partial charge in [0.2, 0.25) is 5.95 Å². The van der Waals surface area contributed by atoms with Crippen LogP contribution in [-0.4, -0.2) is 39.9 Å². The SMILES string of the molecule is Cc1cnc(NN)nc1NCC1(O)CCOC1C. The second kappa shape index (κ2) is 5.05. The van der Waals surface area contributed by atoms with E-state index in [-0.39, 0.29) is 6.10 Å². The second-order valence-electron chi connectivity index (χ2n) is 4.59. The molecule has 1 aliphatic rings. The second-order valence-corrected chi connectivity index (χ2v) is 4.59. The predicted octanol–water partition coefficient (Wildman–Crippen LogP) is 0.0224. The fraction of sp³-hybridized carbons (Fsp3) is 0.636. The van der Waals surface area contributed by atoms with Gasteiger partial charge in [0.25, 0.3) is 0 Å². The average Bonchev–Trinajstić information content (AvgIpc) is 2.69. The first kappa shape index (κ1) is 13.0. The Morgan fingerprint density at radius 1 is 1.67 bits per heavy atom. The summed E-state index contributed by atoms with van der Waals surface area (Å²) in [6, 6.07) is 0. The number of hydrogen-bond donors (Lipinski definition) is 4. The molecule has 2 heterocycles. The predicted molar refractivity (Wildman–Crippen MR) is 68.0 cm³/mol. The van der Waals surface area contributed by atoms with Gasteiger partial charge in [0, 0.05) is 31.3 Å². The van der Waals surface area contributed by atoms with E-state index in [0.29, 0.717) is 31.3 Å². The van der Waals surface area contributed by atoms with Crippen molar-refractivity contribution >= 4 is 11.8 Å². The highest BCUT2D eigenvalue weighted by molar-refractivity contribution is 5.46. The van der Waals surface area contributed by atoms with E-state index in [4.69, 9.17) is 10.6 Å². The lowest BCUT2D eigenvalue weighted by molar-refractivity contribution is -0.0176. The maximum Gasteiger partial charge on any atom is 0.239 e. The van der Waals surface area contributed by atoms with Gasteiger partial charge in [-0.25, -0.2) is 10.8 Å². The Morgan fingerprint density at radius 3 is 3.06 bits per heavy atom. The number of nitrogens with zero attached hydrogens (tertiary/aromatic N) is 2. The van der Waals surface area contributed by atoms with Gasteiger partial charge in [0.1, 0.15) is 11.4 Å². The maximum absolute atomic E-state index is 10.4. The molecule has 0 aromatic carbocycles. The third kappa shape index (κ3) is 2.53. The average molecular weight is 253 g/mol. The number of hydrogen-bond acceptors (Lipinski definition) is 7. The van der Waals surface area contributed by atoms with Gasteiger partial charge in [-0.2, -0.15) is 4.98 Å². The fourth-order valence-electron chi connectivity index (χ4n) is 1.93. The van der Waals surface area contributed by atoms with Crippen LogP contribution in [-0.2, 0) is 4.74 Å². The van der Waals surface area contributed by atoms with Crippen LogP contribution in [0.2, 0.25) is 0 Å². The number of anilines is 2. The highest BCUT2D eigenvalue weighted by Crippen LogP contribution is 2.26. The Kier molecular flexibility index (Phi) is 3.65. The van der Waals surface area contributed by atoms with Crippen LogP contribution in [0, 0.1) is 6.92 Å². The summed E-state index contributed by atoms with van der Waals surface area (Å²) in [6.45, 7) is 4.73. The Balaban J connectivity index is 2.05. The molecular formula is C11H19N5O2. The van der Waals surface area contributed by atoms with Crippen molar-refractivity contribution in [2.24, 2.45) is 5.84 Å². The van der Waals surface area contributed by atoms with E-state index in [9.17, 15) is 5.11 Å².